The van der Waals surface area contributed by atoms with Crippen LogP contribution in [0.25, 0.3) is 20.7 Å². The minimum Gasteiger partial charge on any atom is -0.504 e. The van der Waals surface area contributed by atoms with Crippen molar-refractivity contribution in [3.8, 4) is 22.1 Å². The van der Waals surface area contributed by atoms with E-state index in [0.717, 1.165) is 41.5 Å². The number of rotatable bonds is 7. The molecule has 5 aromatic rings. The molecule has 0 spiro atoms. The van der Waals surface area contributed by atoms with Crippen LogP contribution >= 0.6 is 34.5 Å². The molecule has 2 aliphatic heterocycles. The van der Waals surface area contributed by atoms with Crippen LogP contribution < -0.4 is 14.6 Å². The number of thiophene rings is 1. The minimum absolute atomic E-state index is 0.0114. The number of anilines is 2. The quantitative estimate of drug-likeness (QED) is 0.126. The highest BCUT2D eigenvalue weighted by Crippen LogP contribution is 2.64. The Kier molecular flexibility index (Phi) is 9.60. The third-order valence-electron chi connectivity index (χ3n) is 12.8. The maximum Gasteiger partial charge on any atom is 0.433 e. The first-order valence-electron chi connectivity index (χ1n) is 19.5. The Hall–Kier alpha value is -5.45. The Labute approximate surface area is 361 Å². The fraction of sp³-hybridized carbons (Fsp3) is 0.349. The zero-order chi connectivity index (χ0) is 43.6. The summed E-state index contributed by atoms with van der Waals surface area (Å²) in [5.41, 5.74) is 0.00501. The molecule has 6 unspecified atom stereocenters. The molecule has 5 heterocycles. The predicted octanol–water partition coefficient (Wildman–Crippen LogP) is 8.72. The van der Waals surface area contributed by atoms with Gasteiger partial charge in [0, 0.05) is 35.8 Å². The fourth-order valence-corrected chi connectivity index (χ4v) is 11.5. The van der Waals surface area contributed by atoms with E-state index in [1.54, 1.807) is 39.1 Å². The van der Waals surface area contributed by atoms with Gasteiger partial charge in [0.05, 0.1) is 39.7 Å². The Morgan fingerprint density at radius 3 is 2.49 bits per heavy atom. The summed E-state index contributed by atoms with van der Waals surface area (Å²) >= 11 is 14.1. The number of amides is 4. The number of phenols is 1. The summed E-state index contributed by atoms with van der Waals surface area (Å²) in [6.45, 7) is 5.67. The van der Waals surface area contributed by atoms with Gasteiger partial charge in [-0.1, -0.05) is 40.9 Å². The molecule has 4 amide bonds. The highest BCUT2D eigenvalue weighted by Gasteiger charge is 2.68. The molecular formula is C43H37Cl2F3N6O6S. The number of pyridine rings is 1. The molecule has 3 aromatic heterocycles. The zero-order valence-corrected chi connectivity index (χ0v) is 35.6. The molecule has 316 valence electrons. The molecular weight excluding hydrogens is 856 g/mol. The summed E-state index contributed by atoms with van der Waals surface area (Å²) in [5, 5.41) is 18.6. The first-order chi connectivity index (χ1) is 28.9. The van der Waals surface area contributed by atoms with Crippen molar-refractivity contribution >= 4 is 79.9 Å². The average molecular weight is 894 g/mol. The lowest BCUT2D eigenvalue weighted by molar-refractivity contribution is -0.141. The number of imide groups is 2. The number of phenolic OH excluding ortho intramolecular Hbond substituents is 1. The van der Waals surface area contributed by atoms with Gasteiger partial charge in [0.15, 0.2) is 17.3 Å². The molecule has 2 saturated heterocycles. The molecule has 12 nitrogen and oxygen atoms in total. The van der Waals surface area contributed by atoms with Crippen LogP contribution in [0, 0.1) is 36.0 Å². The maximum absolute atomic E-state index is 15.2. The molecule has 2 aliphatic carbocycles. The first kappa shape index (κ1) is 40.9. The lowest BCUT2D eigenvalue weighted by atomic mass is 9.51. The topological polar surface area (TPSA) is 138 Å². The van der Waals surface area contributed by atoms with Crippen LogP contribution in [0.15, 0.2) is 66.2 Å². The number of aryl methyl sites for hydroxylation is 2. The number of benzene rings is 2. The van der Waals surface area contributed by atoms with Gasteiger partial charge >= 0.3 is 6.18 Å². The fourth-order valence-electron chi connectivity index (χ4n) is 10.0. The normalized spacial score (nSPS) is 25.0. The zero-order valence-electron chi connectivity index (χ0n) is 33.3. The number of ether oxygens (including phenoxy) is 1. The van der Waals surface area contributed by atoms with Gasteiger partial charge in [0.25, 0.3) is 11.8 Å². The monoisotopic (exact) mass is 892 g/mol. The molecule has 1 N–H and O–H groups in total. The molecule has 9 rings (SSSR count). The second-order valence-electron chi connectivity index (χ2n) is 16.0. The maximum atomic E-state index is 15.2. The van der Waals surface area contributed by atoms with Crippen LogP contribution in [-0.2, 0) is 32.4 Å². The molecule has 4 aliphatic rings. The number of hydrazine groups is 1. The number of aromatic hydroxyl groups is 1. The highest BCUT2D eigenvalue weighted by molar-refractivity contribution is 7.22. The molecule has 0 radical (unpaired) electrons. The van der Waals surface area contributed by atoms with Crippen molar-refractivity contribution in [2.75, 3.05) is 23.6 Å². The van der Waals surface area contributed by atoms with Gasteiger partial charge in [0.1, 0.15) is 17.2 Å². The number of fused-ring (bicyclic) bond motifs is 5. The van der Waals surface area contributed by atoms with Crippen molar-refractivity contribution in [2.24, 2.45) is 36.1 Å². The van der Waals surface area contributed by atoms with E-state index in [-0.39, 0.29) is 41.8 Å². The molecule has 1 saturated carbocycles. The van der Waals surface area contributed by atoms with Gasteiger partial charge in [-0.05, 0) is 98.5 Å². The summed E-state index contributed by atoms with van der Waals surface area (Å²) in [6, 6.07) is 13.8. The van der Waals surface area contributed by atoms with Gasteiger partial charge in [-0.25, -0.2) is 9.88 Å². The summed E-state index contributed by atoms with van der Waals surface area (Å²) in [7, 11) is 2.90. The molecule has 6 atom stereocenters. The van der Waals surface area contributed by atoms with Gasteiger partial charge in [-0.2, -0.15) is 23.3 Å². The van der Waals surface area contributed by atoms with E-state index in [1.807, 2.05) is 31.2 Å². The number of hydrogen-bond acceptors (Lipinski definition) is 10. The van der Waals surface area contributed by atoms with Crippen LogP contribution in [0.5, 0.6) is 11.5 Å². The van der Waals surface area contributed by atoms with E-state index < -0.39 is 76.3 Å². The number of halogens is 5. The van der Waals surface area contributed by atoms with Gasteiger partial charge < -0.3 is 9.84 Å². The van der Waals surface area contributed by atoms with E-state index in [4.69, 9.17) is 33.0 Å². The van der Waals surface area contributed by atoms with Crippen LogP contribution in [0.1, 0.15) is 49.4 Å². The van der Waals surface area contributed by atoms with E-state index in [1.165, 1.54) is 29.1 Å². The molecule has 0 bridgehead atoms. The van der Waals surface area contributed by atoms with Crippen LogP contribution in [0.2, 0.25) is 10.0 Å². The largest absolute Gasteiger partial charge is 0.504 e. The van der Waals surface area contributed by atoms with Crippen LogP contribution in [-0.4, -0.2) is 62.2 Å². The van der Waals surface area contributed by atoms with Crippen molar-refractivity contribution in [1.29, 1.82) is 0 Å². The third-order valence-corrected chi connectivity index (χ3v) is 14.6. The summed E-state index contributed by atoms with van der Waals surface area (Å²) in [5.74, 6) is -7.10. The summed E-state index contributed by atoms with van der Waals surface area (Å²) in [4.78, 5) is 64.7. The Morgan fingerprint density at radius 2 is 1.77 bits per heavy atom. The number of carbonyl (C=O) groups is 4. The highest BCUT2D eigenvalue weighted by atomic mass is 35.5. The Bertz CT molecular complexity index is 2770. The SMILES string of the molecule is CCOc1cc(C2C3=CCC4C(=O)N(N(C)c5nc(C(F)(F)F)ccc5Cl)C(=O)C4C3CC3C(=O)N(c4cc(-c5sc6ccc(Cl)cc6c5C)nn4C)C(=O)C32C)ccc1O. The van der Waals surface area contributed by atoms with Gasteiger partial charge in [-0.3, -0.25) is 28.9 Å². The smallest absolute Gasteiger partial charge is 0.433 e. The van der Waals surface area contributed by atoms with Crippen molar-refractivity contribution in [2.45, 2.75) is 45.7 Å². The minimum atomic E-state index is -4.82. The number of nitrogens with zero attached hydrogens (tertiary/aromatic N) is 6. The van der Waals surface area contributed by atoms with Crippen LogP contribution in [0.3, 0.4) is 0 Å². The standard InChI is InChI=1S/C43H37Cl2F3N6O6S/c1-6-60-30-15-20(7-12-29(30)55)35-22-9-10-23-34(40(58)54(38(23)56)52(5)37-27(45)11-14-32(49-37)43(46,47)48)25(22)17-26-39(57)53(41(59)42(26,35)3)33-18-28(50-51(33)4)36-19(2)24-16-21(44)8-13-31(24)61-36/h7-9,11-16,18,23,25-26,34-35,55H,6,10,17H2,1-5H3. The van der Waals surface area contributed by atoms with Crippen molar-refractivity contribution in [3.63, 3.8) is 0 Å². The van der Waals surface area contributed by atoms with Gasteiger partial charge in [-0.15, -0.1) is 11.3 Å². The summed E-state index contributed by atoms with van der Waals surface area (Å²) in [6.07, 6.45) is -2.90. The van der Waals surface area contributed by atoms with Gasteiger partial charge in [0.2, 0.25) is 11.8 Å². The molecule has 3 fully saturated rings. The predicted molar refractivity (Wildman–Crippen MR) is 222 cm³/mol. The lowest BCUT2D eigenvalue weighted by Crippen LogP contribution is -2.49. The molecule has 2 aromatic carbocycles. The van der Waals surface area contributed by atoms with E-state index in [0.29, 0.717) is 27.9 Å². The second-order valence-corrected chi connectivity index (χ2v) is 17.9. The molecule has 18 heteroatoms. The van der Waals surface area contributed by atoms with Crippen molar-refractivity contribution in [1.82, 2.24) is 19.8 Å². The van der Waals surface area contributed by atoms with E-state index in [2.05, 4.69) is 4.98 Å². The van der Waals surface area contributed by atoms with Crippen molar-refractivity contribution in [3.05, 3.63) is 93.1 Å². The number of allylic oxidation sites excluding steroid dienone is 2. The average Bonchev–Trinajstić information content (AvgIpc) is 3.88. The third kappa shape index (κ3) is 6.07. The molecule has 61 heavy (non-hydrogen) atoms. The lowest BCUT2D eigenvalue weighted by Gasteiger charge is -2.49. The number of carbonyl (C=O) groups excluding carboxylic acids is 4. The number of hydrogen-bond donors (Lipinski definition) is 1. The first-order valence-corrected chi connectivity index (χ1v) is 21.1. The van der Waals surface area contributed by atoms with E-state index in [9.17, 15) is 27.9 Å². The number of alkyl halides is 3. The second kappa shape index (κ2) is 14.3. The van der Waals surface area contributed by atoms with Crippen LogP contribution in [0.4, 0.5) is 24.8 Å². The Morgan fingerprint density at radius 1 is 1.02 bits per heavy atom. The van der Waals surface area contributed by atoms with Crippen molar-refractivity contribution < 1.29 is 42.2 Å². The Balaban J connectivity index is 1.14. The van der Waals surface area contributed by atoms with E-state index >= 15 is 9.59 Å². The summed E-state index contributed by atoms with van der Waals surface area (Å²) < 4.78 is 49.4. The number of aromatic nitrogens is 3.